The molecular weight excluding hydrogens is 209 g/mol. The highest BCUT2D eigenvalue weighted by atomic mass is 79.9. The van der Waals surface area contributed by atoms with E-state index in [4.69, 9.17) is 0 Å². The molecule has 3 heteroatoms. The summed E-state index contributed by atoms with van der Waals surface area (Å²) in [5.74, 6) is -0.225. The van der Waals surface area contributed by atoms with Gasteiger partial charge in [-0.25, -0.2) is 4.39 Å². The molecule has 1 aromatic rings. The van der Waals surface area contributed by atoms with Gasteiger partial charge in [-0.1, -0.05) is 6.07 Å². The Morgan fingerprint density at radius 2 is 2.27 bits per heavy atom. The molecule has 0 spiro atoms. The Morgan fingerprint density at radius 1 is 1.45 bits per heavy atom. The number of rotatable bonds is 0. The van der Waals surface area contributed by atoms with E-state index < -0.39 is 0 Å². The maximum Gasteiger partial charge on any atom is 0.138 e. The van der Waals surface area contributed by atoms with Crippen LogP contribution in [0.4, 0.5) is 4.39 Å². The van der Waals surface area contributed by atoms with Gasteiger partial charge in [-0.2, -0.15) is 0 Å². The fourth-order valence-electron chi connectivity index (χ4n) is 1.12. The Bertz CT molecular complexity index is 333. The zero-order valence-electron chi connectivity index (χ0n) is 5.64. The molecule has 0 aromatic heterocycles. The maximum absolute atomic E-state index is 12.9. The van der Waals surface area contributed by atoms with E-state index in [0.717, 1.165) is 11.1 Å². The number of hydrogen-bond acceptors (Lipinski definition) is 1. The molecule has 0 amide bonds. The van der Waals surface area contributed by atoms with Crippen molar-refractivity contribution in [1.82, 2.24) is 0 Å². The second-order valence-corrected chi connectivity index (χ2v) is 3.20. The van der Waals surface area contributed by atoms with E-state index in [0.29, 0.717) is 11.0 Å². The lowest BCUT2D eigenvalue weighted by atomic mass is 10.1. The first-order valence-corrected chi connectivity index (χ1v) is 4.05. The van der Waals surface area contributed by atoms with Crippen molar-refractivity contribution in [2.45, 2.75) is 6.54 Å². The molecule has 0 fully saturated rings. The summed E-state index contributed by atoms with van der Waals surface area (Å²) in [5, 5.41) is 0. The second kappa shape index (κ2) is 2.41. The van der Waals surface area contributed by atoms with Crippen LogP contribution in [-0.4, -0.2) is 6.21 Å². The summed E-state index contributed by atoms with van der Waals surface area (Å²) in [6.45, 7) is 0.675. The Balaban J connectivity index is 2.70. The van der Waals surface area contributed by atoms with E-state index in [1.807, 2.05) is 0 Å². The average Bonchev–Trinajstić information content (AvgIpc) is 2.45. The van der Waals surface area contributed by atoms with Crippen molar-refractivity contribution >= 4 is 22.1 Å². The van der Waals surface area contributed by atoms with Crippen molar-refractivity contribution in [3.05, 3.63) is 33.5 Å². The number of aliphatic imine (C=N–C) groups is 1. The molecule has 1 aromatic carbocycles. The van der Waals surface area contributed by atoms with Crippen molar-refractivity contribution in [3.63, 3.8) is 0 Å². The van der Waals surface area contributed by atoms with Gasteiger partial charge in [-0.15, -0.1) is 0 Å². The predicted molar refractivity (Wildman–Crippen MR) is 45.4 cm³/mol. The van der Waals surface area contributed by atoms with E-state index in [-0.39, 0.29) is 5.82 Å². The molecule has 0 bridgehead atoms. The van der Waals surface area contributed by atoms with Crippen LogP contribution < -0.4 is 0 Å². The average molecular weight is 214 g/mol. The highest BCUT2D eigenvalue weighted by molar-refractivity contribution is 9.10. The van der Waals surface area contributed by atoms with Gasteiger partial charge < -0.3 is 0 Å². The number of benzene rings is 1. The molecule has 0 atom stereocenters. The smallest absolute Gasteiger partial charge is 0.138 e. The van der Waals surface area contributed by atoms with Crippen molar-refractivity contribution in [2.24, 2.45) is 4.99 Å². The van der Waals surface area contributed by atoms with Crippen molar-refractivity contribution in [1.29, 1.82) is 0 Å². The summed E-state index contributed by atoms with van der Waals surface area (Å²) < 4.78 is 13.4. The minimum Gasteiger partial charge on any atom is -0.288 e. The van der Waals surface area contributed by atoms with Gasteiger partial charge in [0, 0.05) is 11.8 Å². The van der Waals surface area contributed by atoms with Gasteiger partial charge in [0.1, 0.15) is 5.82 Å². The molecule has 0 saturated heterocycles. The fourth-order valence-corrected chi connectivity index (χ4v) is 1.61. The van der Waals surface area contributed by atoms with Crippen LogP contribution >= 0.6 is 15.9 Å². The third-order valence-corrected chi connectivity index (χ3v) is 2.51. The molecule has 0 aliphatic carbocycles. The first-order chi connectivity index (χ1) is 5.29. The van der Waals surface area contributed by atoms with Gasteiger partial charge in [0.2, 0.25) is 0 Å². The first-order valence-electron chi connectivity index (χ1n) is 3.26. The van der Waals surface area contributed by atoms with Gasteiger partial charge >= 0.3 is 0 Å². The summed E-state index contributed by atoms with van der Waals surface area (Å²) in [6.07, 6.45) is 1.70. The topological polar surface area (TPSA) is 12.4 Å². The molecule has 0 saturated carbocycles. The summed E-state index contributed by atoms with van der Waals surface area (Å²) in [5.41, 5.74) is 1.96. The van der Waals surface area contributed by atoms with Gasteiger partial charge in [-0.05, 0) is 27.6 Å². The van der Waals surface area contributed by atoms with Gasteiger partial charge in [0.15, 0.2) is 0 Å². The molecule has 11 heavy (non-hydrogen) atoms. The Labute approximate surface area is 72.1 Å². The molecule has 0 unspecified atom stereocenters. The minimum absolute atomic E-state index is 0.225. The quantitative estimate of drug-likeness (QED) is 0.629. The molecule has 1 aliphatic rings. The molecule has 0 N–H and O–H groups in total. The van der Waals surface area contributed by atoms with E-state index in [9.17, 15) is 4.39 Å². The highest BCUT2D eigenvalue weighted by Crippen LogP contribution is 2.25. The third-order valence-electron chi connectivity index (χ3n) is 1.70. The molecule has 1 heterocycles. The summed E-state index contributed by atoms with van der Waals surface area (Å²) >= 11 is 3.16. The maximum atomic E-state index is 12.9. The molecule has 1 aliphatic heterocycles. The lowest BCUT2D eigenvalue weighted by molar-refractivity contribution is 0.620. The lowest BCUT2D eigenvalue weighted by Gasteiger charge is -1.99. The van der Waals surface area contributed by atoms with E-state index in [1.54, 1.807) is 12.3 Å². The van der Waals surface area contributed by atoms with Crippen LogP contribution in [0.1, 0.15) is 11.1 Å². The van der Waals surface area contributed by atoms with Crippen LogP contribution in [0.15, 0.2) is 21.6 Å². The zero-order chi connectivity index (χ0) is 7.84. The predicted octanol–water partition coefficient (Wildman–Crippen LogP) is 2.52. The van der Waals surface area contributed by atoms with Crippen LogP contribution in [0, 0.1) is 5.82 Å². The van der Waals surface area contributed by atoms with Crippen LogP contribution in [0.5, 0.6) is 0 Å². The molecule has 56 valence electrons. The van der Waals surface area contributed by atoms with Crippen molar-refractivity contribution in [2.75, 3.05) is 0 Å². The molecule has 0 radical (unpaired) electrons. The number of nitrogens with zero attached hydrogens (tertiary/aromatic N) is 1. The minimum atomic E-state index is -0.225. The molecule has 1 nitrogen and oxygen atoms in total. The number of halogens is 2. The van der Waals surface area contributed by atoms with Gasteiger partial charge in [0.25, 0.3) is 0 Å². The van der Waals surface area contributed by atoms with Crippen molar-refractivity contribution in [3.8, 4) is 0 Å². The van der Waals surface area contributed by atoms with Gasteiger partial charge in [0.05, 0.1) is 11.0 Å². The number of hydrogen-bond donors (Lipinski definition) is 0. The Morgan fingerprint density at radius 3 is 3.09 bits per heavy atom. The summed E-state index contributed by atoms with van der Waals surface area (Å²) in [4.78, 5) is 4.03. The normalized spacial score (nSPS) is 13.6. The SMILES string of the molecule is Fc1ccc2c(c1Br)C=NC2. The monoisotopic (exact) mass is 213 g/mol. The first kappa shape index (κ1) is 6.98. The molecule has 2 rings (SSSR count). The Kier molecular flexibility index (Phi) is 1.53. The van der Waals surface area contributed by atoms with Crippen molar-refractivity contribution < 1.29 is 4.39 Å². The second-order valence-electron chi connectivity index (χ2n) is 2.40. The van der Waals surface area contributed by atoms with Gasteiger partial charge in [-0.3, -0.25) is 4.99 Å². The number of fused-ring (bicyclic) bond motifs is 1. The van der Waals surface area contributed by atoms with Crippen LogP contribution in [0.2, 0.25) is 0 Å². The van der Waals surface area contributed by atoms with E-state index in [2.05, 4.69) is 20.9 Å². The van der Waals surface area contributed by atoms with E-state index in [1.165, 1.54) is 6.07 Å². The van der Waals surface area contributed by atoms with Crippen LogP contribution in [-0.2, 0) is 6.54 Å². The fraction of sp³-hybridized carbons (Fsp3) is 0.125. The highest BCUT2D eigenvalue weighted by Gasteiger charge is 2.12. The Hall–Kier alpha value is -0.700. The summed E-state index contributed by atoms with van der Waals surface area (Å²) in [7, 11) is 0. The van der Waals surface area contributed by atoms with Crippen LogP contribution in [0.3, 0.4) is 0 Å². The largest absolute Gasteiger partial charge is 0.288 e. The third kappa shape index (κ3) is 0.997. The molecular formula is C8H5BrFN. The lowest BCUT2D eigenvalue weighted by Crippen LogP contribution is -1.88. The summed E-state index contributed by atoms with van der Waals surface area (Å²) in [6, 6.07) is 3.22. The van der Waals surface area contributed by atoms with E-state index >= 15 is 0 Å². The van der Waals surface area contributed by atoms with Crippen LogP contribution in [0.25, 0.3) is 0 Å². The standard InChI is InChI=1S/C8H5BrFN/c9-8-6-4-11-3-5(6)1-2-7(8)10/h1-2,4H,3H2. The zero-order valence-corrected chi connectivity index (χ0v) is 7.23.